The quantitative estimate of drug-likeness (QED) is 0.616. The van der Waals surface area contributed by atoms with E-state index >= 15 is 0 Å². The zero-order valence-corrected chi connectivity index (χ0v) is 12.4. The van der Waals surface area contributed by atoms with Crippen LogP contribution in [0.2, 0.25) is 0 Å². The van der Waals surface area contributed by atoms with Gasteiger partial charge in [0.05, 0.1) is 13.2 Å². The molecule has 1 aliphatic heterocycles. The summed E-state index contributed by atoms with van der Waals surface area (Å²) in [6.45, 7) is 0.721. The number of ether oxygens (including phenoxy) is 2. The van der Waals surface area contributed by atoms with Crippen molar-refractivity contribution in [3.63, 3.8) is 0 Å². The molecule has 1 fully saturated rings. The van der Waals surface area contributed by atoms with Gasteiger partial charge in [-0.3, -0.25) is 4.57 Å². The van der Waals surface area contributed by atoms with E-state index in [0.29, 0.717) is 11.3 Å². The molecule has 0 amide bonds. The summed E-state index contributed by atoms with van der Waals surface area (Å²) in [6, 6.07) is 0. The minimum atomic E-state index is -0.569. The van der Waals surface area contributed by atoms with Crippen LogP contribution in [-0.2, 0) is 16.0 Å². The van der Waals surface area contributed by atoms with Crippen LogP contribution in [0.5, 0.6) is 0 Å². The molecule has 2 rings (SSSR count). The Labute approximate surface area is 124 Å². The maximum Gasteiger partial charge on any atom is 0.382 e. The number of halogens is 1. The second-order valence-electron chi connectivity index (χ2n) is 4.51. The molecule has 2 unspecified atom stereocenters. The number of hydrogen-bond acceptors (Lipinski definition) is 6. The maximum absolute atomic E-state index is 10.6. The topological polar surface area (TPSA) is 99.7 Å². The molecule has 0 aliphatic carbocycles. The molecule has 20 heavy (non-hydrogen) atoms. The number of rotatable bonds is 6. The Bertz CT molecular complexity index is 461. The lowest BCUT2D eigenvalue weighted by atomic mass is 10.2. The van der Waals surface area contributed by atoms with Crippen molar-refractivity contribution in [2.45, 2.75) is 38.2 Å². The van der Waals surface area contributed by atoms with E-state index in [2.05, 4.69) is 20.9 Å². The minimum Gasteiger partial charge on any atom is -0.394 e. The van der Waals surface area contributed by atoms with Crippen LogP contribution in [0.15, 0.2) is 10.9 Å². The van der Waals surface area contributed by atoms with Crippen molar-refractivity contribution in [3.8, 4) is 0 Å². The number of hydrogen-bond donors (Lipinski definition) is 1. The van der Waals surface area contributed by atoms with Gasteiger partial charge in [0, 0.05) is 22.5 Å². The molecule has 0 aromatic carbocycles. The smallest absolute Gasteiger partial charge is 0.382 e. The average molecular weight is 350 g/mol. The number of nitrogens with zero attached hydrogens (tertiary/aromatic N) is 3. The molecule has 9 heteroatoms. The SMILES string of the molecule is O=[N+]([O-])c1cn(CC(CO)OC2CCCCO2)c(Br)n1. The number of aliphatic hydroxyl groups excluding tert-OH is 1. The average Bonchev–Trinajstić information content (AvgIpc) is 2.81. The van der Waals surface area contributed by atoms with E-state index in [1.807, 2.05) is 0 Å². The van der Waals surface area contributed by atoms with Gasteiger partial charge in [-0.25, -0.2) is 0 Å². The lowest BCUT2D eigenvalue weighted by Gasteiger charge is -2.26. The zero-order valence-electron chi connectivity index (χ0n) is 10.8. The van der Waals surface area contributed by atoms with Crippen molar-refractivity contribution in [1.82, 2.24) is 9.55 Å². The van der Waals surface area contributed by atoms with E-state index in [1.165, 1.54) is 10.8 Å². The summed E-state index contributed by atoms with van der Waals surface area (Å²) >= 11 is 3.15. The Hall–Kier alpha value is -1.03. The summed E-state index contributed by atoms with van der Waals surface area (Å²) in [7, 11) is 0. The number of aliphatic hydroxyl groups is 1. The monoisotopic (exact) mass is 349 g/mol. The second kappa shape index (κ2) is 7.11. The van der Waals surface area contributed by atoms with Gasteiger partial charge in [0.2, 0.25) is 0 Å². The third-order valence-electron chi connectivity index (χ3n) is 2.99. The molecule has 1 aromatic rings. The minimum absolute atomic E-state index is 0.196. The van der Waals surface area contributed by atoms with Gasteiger partial charge in [-0.1, -0.05) is 0 Å². The fraction of sp³-hybridized carbons (Fsp3) is 0.727. The van der Waals surface area contributed by atoms with Crippen molar-refractivity contribution in [1.29, 1.82) is 0 Å². The molecule has 0 bridgehead atoms. The van der Waals surface area contributed by atoms with Crippen LogP contribution in [0, 0.1) is 10.1 Å². The predicted molar refractivity (Wildman–Crippen MR) is 72.1 cm³/mol. The van der Waals surface area contributed by atoms with Crippen LogP contribution >= 0.6 is 15.9 Å². The molecule has 0 radical (unpaired) electrons. The molecule has 1 aromatic heterocycles. The first-order valence-electron chi connectivity index (χ1n) is 6.35. The maximum atomic E-state index is 10.6. The highest BCUT2D eigenvalue weighted by Crippen LogP contribution is 2.19. The molecular formula is C11H16BrN3O5. The van der Waals surface area contributed by atoms with Crippen molar-refractivity contribution in [2.24, 2.45) is 0 Å². The van der Waals surface area contributed by atoms with Crippen LogP contribution in [0.25, 0.3) is 0 Å². The number of imidazole rings is 1. The van der Waals surface area contributed by atoms with Crippen molar-refractivity contribution >= 4 is 21.7 Å². The molecule has 2 heterocycles. The van der Waals surface area contributed by atoms with Gasteiger partial charge in [0.15, 0.2) is 6.29 Å². The lowest BCUT2D eigenvalue weighted by molar-refractivity contribution is -0.389. The Balaban J connectivity index is 1.96. The van der Waals surface area contributed by atoms with Gasteiger partial charge in [-0.15, -0.1) is 0 Å². The number of aromatic nitrogens is 2. The van der Waals surface area contributed by atoms with Gasteiger partial charge in [-0.2, -0.15) is 0 Å². The number of nitro groups is 1. The molecule has 1 N–H and O–H groups in total. The Morgan fingerprint density at radius 3 is 3.05 bits per heavy atom. The van der Waals surface area contributed by atoms with Gasteiger partial charge in [0.1, 0.15) is 12.3 Å². The van der Waals surface area contributed by atoms with E-state index in [4.69, 9.17) is 9.47 Å². The largest absolute Gasteiger partial charge is 0.394 e. The van der Waals surface area contributed by atoms with Crippen LogP contribution < -0.4 is 0 Å². The molecule has 112 valence electrons. The second-order valence-corrected chi connectivity index (χ2v) is 5.22. The predicted octanol–water partition coefficient (Wildman–Crippen LogP) is 1.46. The Morgan fingerprint density at radius 1 is 1.70 bits per heavy atom. The highest BCUT2D eigenvalue weighted by molar-refractivity contribution is 9.10. The van der Waals surface area contributed by atoms with Gasteiger partial charge in [0.25, 0.3) is 4.73 Å². The van der Waals surface area contributed by atoms with Crippen LogP contribution in [0.3, 0.4) is 0 Å². The van der Waals surface area contributed by atoms with E-state index < -0.39 is 11.0 Å². The van der Waals surface area contributed by atoms with Crippen LogP contribution in [-0.4, -0.2) is 45.2 Å². The highest BCUT2D eigenvalue weighted by atomic mass is 79.9. The van der Waals surface area contributed by atoms with Crippen molar-refractivity contribution in [2.75, 3.05) is 13.2 Å². The normalized spacial score (nSPS) is 20.8. The summed E-state index contributed by atoms with van der Waals surface area (Å²) in [5.41, 5.74) is 0. The fourth-order valence-corrected chi connectivity index (χ4v) is 2.42. The van der Waals surface area contributed by atoms with Crippen LogP contribution in [0.4, 0.5) is 5.82 Å². The molecular weight excluding hydrogens is 334 g/mol. The summed E-state index contributed by atoms with van der Waals surface area (Å²) in [5.74, 6) is -0.248. The molecule has 2 atom stereocenters. The lowest BCUT2D eigenvalue weighted by Crippen LogP contribution is -2.32. The summed E-state index contributed by atoms with van der Waals surface area (Å²) in [6.07, 6.45) is 3.33. The molecule has 8 nitrogen and oxygen atoms in total. The summed E-state index contributed by atoms with van der Waals surface area (Å²) in [5, 5.41) is 20.0. The first-order valence-corrected chi connectivity index (χ1v) is 7.14. The first-order chi connectivity index (χ1) is 9.60. The fourth-order valence-electron chi connectivity index (χ4n) is 1.99. The standard InChI is InChI=1S/C11H16BrN3O5/c12-11-13-9(15(17)18)6-14(11)5-8(7-16)20-10-3-1-2-4-19-10/h6,8,10,16H,1-5,7H2. The molecule has 0 saturated carbocycles. The Kier molecular flexibility index (Phi) is 5.46. The van der Waals surface area contributed by atoms with Crippen molar-refractivity contribution < 1.29 is 19.5 Å². The third-order valence-corrected chi connectivity index (χ3v) is 3.62. The highest BCUT2D eigenvalue weighted by Gasteiger charge is 2.23. The van der Waals surface area contributed by atoms with E-state index in [9.17, 15) is 15.2 Å². The summed E-state index contributed by atoms with van der Waals surface area (Å²) in [4.78, 5) is 13.8. The van der Waals surface area contributed by atoms with Crippen molar-refractivity contribution in [3.05, 3.63) is 21.0 Å². The van der Waals surface area contributed by atoms with E-state index in [-0.39, 0.29) is 25.3 Å². The Morgan fingerprint density at radius 2 is 2.50 bits per heavy atom. The third kappa shape index (κ3) is 3.98. The van der Waals surface area contributed by atoms with Gasteiger partial charge < -0.3 is 24.7 Å². The first kappa shape index (κ1) is 15.4. The summed E-state index contributed by atoms with van der Waals surface area (Å²) < 4.78 is 13.0. The molecule has 1 aliphatic rings. The van der Waals surface area contributed by atoms with E-state index in [0.717, 1.165) is 19.3 Å². The van der Waals surface area contributed by atoms with Gasteiger partial charge >= 0.3 is 5.82 Å². The van der Waals surface area contributed by atoms with Crippen LogP contribution in [0.1, 0.15) is 19.3 Å². The van der Waals surface area contributed by atoms with E-state index in [1.54, 1.807) is 0 Å². The zero-order chi connectivity index (χ0) is 14.5. The molecule has 1 saturated heterocycles. The van der Waals surface area contributed by atoms with Gasteiger partial charge in [-0.05, 0) is 29.2 Å². The molecule has 0 spiro atoms.